The molecule has 0 radical (unpaired) electrons. The number of hydrogen-bond donors (Lipinski definition) is 3. The number of alkyl halides is 3. The van der Waals surface area contributed by atoms with Gasteiger partial charge in [-0.15, -0.1) is 0 Å². The van der Waals surface area contributed by atoms with E-state index < -0.39 is 42.2 Å². The van der Waals surface area contributed by atoms with E-state index in [4.69, 9.17) is 18.4 Å². The molecule has 5 aliphatic carbocycles. The molecule has 1 saturated heterocycles. The Hall–Kier alpha value is -1.86. The van der Waals surface area contributed by atoms with Crippen molar-refractivity contribution in [2.75, 3.05) is 0 Å². The maximum atomic E-state index is 13.3. The van der Waals surface area contributed by atoms with Crippen LogP contribution in [0.2, 0.25) is 0 Å². The van der Waals surface area contributed by atoms with Crippen LogP contribution >= 0.6 is 0 Å². The number of carbonyl (C=O) groups is 2. The maximum Gasteiger partial charge on any atom is 0.490 e. The van der Waals surface area contributed by atoms with Crippen LogP contribution in [-0.4, -0.2) is 56.9 Å². The van der Waals surface area contributed by atoms with Crippen molar-refractivity contribution in [2.24, 2.45) is 28.9 Å². The molecule has 5 saturated carbocycles. The zero-order valence-corrected chi connectivity index (χ0v) is 16.2. The van der Waals surface area contributed by atoms with Crippen molar-refractivity contribution in [3.63, 3.8) is 0 Å². The standard InChI is InChI=1S/C18H25N3O2.C2HF3O2/c19-8-13-2-12-3-14(12)21(13)16(22)15(20)17-4-10-1-11(5-17)7-18(23,6-10)9-17;3-2(4,5)1(6)7/h10-15,23H,1-7,9,20H2;(H,6,7)/t10-,11+,12-,13+,14+,15-,17?,18?;/m1./s1/i3D2,16+1;. The second-order valence-corrected chi connectivity index (χ2v) is 9.67. The third-order valence-electron chi connectivity index (χ3n) is 7.42. The van der Waals surface area contributed by atoms with Gasteiger partial charge in [-0.3, -0.25) is 4.79 Å². The van der Waals surface area contributed by atoms with Crippen LogP contribution in [0.15, 0.2) is 0 Å². The summed E-state index contributed by atoms with van der Waals surface area (Å²) in [4.78, 5) is 23.6. The summed E-state index contributed by atoms with van der Waals surface area (Å²) in [6.45, 7) is 0. The number of aliphatic hydroxyl groups is 1. The average molecular weight is 432 g/mol. The molecule has 4 bridgehead atoms. The molecule has 6 aliphatic rings. The van der Waals surface area contributed by atoms with E-state index in [0.29, 0.717) is 24.7 Å². The average Bonchev–Trinajstić information content (AvgIpc) is 2.99. The van der Waals surface area contributed by atoms with Gasteiger partial charge in [0.1, 0.15) is 6.04 Å². The van der Waals surface area contributed by atoms with Crippen LogP contribution in [0.5, 0.6) is 0 Å². The first-order chi connectivity index (χ1) is 14.6. The van der Waals surface area contributed by atoms with Crippen molar-refractivity contribution in [2.45, 2.75) is 81.2 Å². The van der Waals surface area contributed by atoms with E-state index in [1.165, 1.54) is 4.90 Å². The van der Waals surface area contributed by atoms with Gasteiger partial charge < -0.3 is 20.8 Å². The van der Waals surface area contributed by atoms with Crippen molar-refractivity contribution in [3.8, 4) is 6.07 Å². The summed E-state index contributed by atoms with van der Waals surface area (Å²) in [7, 11) is 0. The summed E-state index contributed by atoms with van der Waals surface area (Å²) in [5.74, 6) is -2.38. The number of nitriles is 1. The monoisotopic (exact) mass is 432 g/mol. The molecule has 8 atom stereocenters. The highest BCUT2D eigenvalue weighted by Crippen LogP contribution is 2.63. The van der Waals surface area contributed by atoms with E-state index >= 15 is 0 Å². The molecule has 0 aromatic carbocycles. The van der Waals surface area contributed by atoms with Gasteiger partial charge in [0.25, 0.3) is 0 Å². The second kappa shape index (κ2) is 6.82. The van der Waals surface area contributed by atoms with Crippen molar-refractivity contribution >= 4 is 11.9 Å². The number of carboxylic acid groups (broad SMARTS) is 1. The van der Waals surface area contributed by atoms with Crippen molar-refractivity contribution in [1.82, 2.24) is 4.90 Å². The summed E-state index contributed by atoms with van der Waals surface area (Å²) in [5, 5.41) is 27.4. The number of halogens is 3. The lowest BCUT2D eigenvalue weighted by molar-refractivity contribution is -0.192. The summed E-state index contributed by atoms with van der Waals surface area (Å²) >= 11 is 0. The molecule has 4 N–H and O–H groups in total. The van der Waals surface area contributed by atoms with Crippen LogP contribution in [0.25, 0.3) is 0 Å². The third kappa shape index (κ3) is 3.56. The number of piperidine rings is 1. The number of rotatable bonds is 2. The predicted octanol–water partition coefficient (Wildman–Crippen LogP) is 1.79. The summed E-state index contributed by atoms with van der Waals surface area (Å²) in [6.07, 6.45) is -0.949. The van der Waals surface area contributed by atoms with Crippen molar-refractivity contribution in [3.05, 3.63) is 0 Å². The van der Waals surface area contributed by atoms with E-state index in [-0.39, 0.29) is 17.2 Å². The minimum atomic E-state index is -5.08. The smallest absolute Gasteiger partial charge is 0.475 e. The van der Waals surface area contributed by atoms with Crippen LogP contribution in [0.4, 0.5) is 13.2 Å². The highest BCUT2D eigenvalue weighted by Gasteiger charge is 2.62. The lowest BCUT2D eigenvalue weighted by atomic mass is 9.47. The second-order valence-electron chi connectivity index (χ2n) is 9.67. The molecule has 7 nitrogen and oxygen atoms in total. The summed E-state index contributed by atoms with van der Waals surface area (Å²) in [5.41, 5.74) is 5.45. The Balaban J connectivity index is 0.000000307. The zero-order chi connectivity index (χ0) is 23.9. The fraction of sp³-hybridized carbons (Fsp3) is 0.850. The Bertz CT molecular complexity index is 863. The van der Waals surface area contributed by atoms with Gasteiger partial charge in [-0.25, -0.2) is 4.79 Å². The van der Waals surface area contributed by atoms with Gasteiger partial charge in [0.15, 0.2) is 0 Å². The molecule has 10 heteroatoms. The van der Waals surface area contributed by atoms with Crippen LogP contribution in [0.1, 0.15) is 54.1 Å². The lowest BCUT2D eigenvalue weighted by Gasteiger charge is -2.61. The predicted molar refractivity (Wildman–Crippen MR) is 96.5 cm³/mol. The normalized spacial score (nSPS) is 46.5. The quantitative estimate of drug-likeness (QED) is 0.571. The first-order valence-electron chi connectivity index (χ1n) is 11.1. The topological polar surface area (TPSA) is 128 Å². The molecule has 2 unspecified atom stereocenters. The summed E-state index contributed by atoms with van der Waals surface area (Å²) < 4.78 is 47.8. The van der Waals surface area contributed by atoms with E-state index in [2.05, 4.69) is 6.07 Å². The molecule has 6 fully saturated rings. The summed E-state index contributed by atoms with van der Waals surface area (Å²) in [6, 6.07) is 0.370. The number of carbonyl (C=O) groups excluding carboxylic acids is 1. The maximum absolute atomic E-state index is 13.3. The Kier molecular flexibility index (Phi) is 4.29. The molecule has 0 aromatic rings. The third-order valence-corrected chi connectivity index (χ3v) is 7.42. The van der Waals surface area contributed by atoms with Crippen LogP contribution in [0, 0.1) is 34.5 Å². The van der Waals surface area contributed by atoms with Crippen molar-refractivity contribution < 1.29 is 35.7 Å². The fourth-order valence-corrected chi connectivity index (χ4v) is 6.66. The van der Waals surface area contributed by atoms with Gasteiger partial charge in [0, 0.05) is 8.78 Å². The molecule has 0 aromatic heterocycles. The number of amides is 1. The number of aliphatic carboxylic acids is 1. The van der Waals surface area contributed by atoms with Gasteiger partial charge in [0.2, 0.25) is 5.91 Å². The van der Waals surface area contributed by atoms with E-state index in [9.17, 15) is 28.3 Å². The number of nitrogens with two attached hydrogens (primary N) is 1. The molecule has 6 rings (SSSR count). The van der Waals surface area contributed by atoms with Crippen LogP contribution in [0.3, 0.4) is 0 Å². The molecule has 0 spiro atoms. The Labute approximate surface area is 174 Å². The molecule has 1 amide bonds. The highest BCUT2D eigenvalue weighted by atomic mass is 19.4. The van der Waals surface area contributed by atoms with Crippen molar-refractivity contribution in [1.29, 1.82) is 5.26 Å². The van der Waals surface area contributed by atoms with Crippen LogP contribution in [-0.2, 0) is 9.59 Å². The Morgan fingerprint density at radius 3 is 2.27 bits per heavy atom. The minimum Gasteiger partial charge on any atom is -0.475 e. The van der Waals surface area contributed by atoms with Gasteiger partial charge in [-0.1, -0.05) is 0 Å². The highest BCUT2D eigenvalue weighted by molar-refractivity contribution is 5.84. The van der Waals surface area contributed by atoms with Crippen LogP contribution < -0.4 is 5.73 Å². The number of carboxylic acids is 1. The van der Waals surface area contributed by atoms with Gasteiger partial charge in [0.05, 0.1) is 17.7 Å². The van der Waals surface area contributed by atoms with E-state index in [1.807, 2.05) is 0 Å². The number of likely N-dealkylation sites (tertiary alicyclic amines) is 1. The molecular formula is C20H26F3N3O4. The SMILES string of the molecule is O=C(O)C(F)(F)F.[2H]C1([2H])[C@H]2C[C@@H](C#N)N([13C](=O)[C@@H](N)C34C[C@@H]5C[C@@H](CC(O)(C5)C3)C4)[C@H]21. The van der Waals surface area contributed by atoms with Gasteiger partial charge in [-0.05, 0) is 74.5 Å². The largest absolute Gasteiger partial charge is 0.490 e. The lowest BCUT2D eigenvalue weighted by Crippen LogP contribution is -2.64. The number of hydrogen-bond acceptors (Lipinski definition) is 5. The Morgan fingerprint density at radius 1 is 1.23 bits per heavy atom. The van der Waals surface area contributed by atoms with E-state index in [0.717, 1.165) is 32.1 Å². The van der Waals surface area contributed by atoms with E-state index in [1.54, 1.807) is 0 Å². The Morgan fingerprint density at radius 2 is 1.80 bits per heavy atom. The molecule has 1 heterocycles. The van der Waals surface area contributed by atoms with Gasteiger partial charge >= 0.3 is 12.1 Å². The zero-order valence-electron chi connectivity index (χ0n) is 18.2. The minimum absolute atomic E-state index is 0.228. The first kappa shape index (κ1) is 18.9. The number of fused-ring (bicyclic) bond motifs is 1. The molecule has 30 heavy (non-hydrogen) atoms. The molecule has 166 valence electrons. The van der Waals surface area contributed by atoms with Gasteiger partial charge in [-0.2, -0.15) is 18.4 Å². The molecule has 1 aliphatic heterocycles. The first-order valence-corrected chi connectivity index (χ1v) is 10.1. The number of nitrogens with zero attached hydrogens (tertiary/aromatic N) is 2. The molecular weight excluding hydrogens is 404 g/mol. The fourth-order valence-electron chi connectivity index (χ4n) is 6.66.